The molecule has 0 fully saturated rings. The molecule has 0 aliphatic carbocycles. The number of allylic oxidation sites excluding steroid dienone is 7. The van der Waals surface area contributed by atoms with Crippen LogP contribution < -0.4 is 5.32 Å². The first kappa shape index (κ1) is 70.0. The molecule has 10 heteroatoms. The van der Waals surface area contributed by atoms with Crippen molar-refractivity contribution in [1.82, 2.24) is 5.32 Å². The second-order valence-electron chi connectivity index (χ2n) is 21.9. The van der Waals surface area contributed by atoms with Crippen molar-refractivity contribution in [3.8, 4) is 0 Å². The summed E-state index contributed by atoms with van der Waals surface area (Å²) in [4.78, 5) is 37.7. The van der Waals surface area contributed by atoms with Crippen LogP contribution in [0.3, 0.4) is 0 Å². The molecule has 3 unspecified atom stereocenters. The first-order valence-electron chi connectivity index (χ1n) is 30.5. The molecule has 2 N–H and O–H groups in total. The predicted molar refractivity (Wildman–Crippen MR) is 309 cm³/mol. The number of carbonyl (C=O) groups is 2. The lowest BCUT2D eigenvalue weighted by atomic mass is 10.0. The van der Waals surface area contributed by atoms with Crippen LogP contribution in [-0.4, -0.2) is 74.3 Å². The van der Waals surface area contributed by atoms with E-state index >= 15 is 0 Å². The number of rotatable bonds is 55. The average Bonchev–Trinajstić information content (AvgIpc) is 3.34. The Labute approximate surface area is 446 Å². The highest BCUT2D eigenvalue weighted by atomic mass is 31.2. The number of hydrogen-bond acceptors (Lipinski definition) is 6. The number of nitrogens with one attached hydrogen (secondary N) is 1. The molecule has 0 aromatic heterocycles. The van der Waals surface area contributed by atoms with Crippen LogP contribution in [0.5, 0.6) is 0 Å². The Balaban J connectivity index is 5.25. The maximum atomic E-state index is 13.5. The molecule has 0 saturated carbocycles. The second-order valence-corrected chi connectivity index (χ2v) is 23.4. The maximum Gasteiger partial charge on any atom is 0.472 e. The zero-order valence-electron chi connectivity index (χ0n) is 48.2. The third-order valence-corrected chi connectivity index (χ3v) is 14.6. The summed E-state index contributed by atoms with van der Waals surface area (Å²) in [6.45, 7) is 6.90. The molecule has 0 aromatic carbocycles. The van der Waals surface area contributed by atoms with Gasteiger partial charge < -0.3 is 19.4 Å². The number of ether oxygens (including phenoxy) is 1. The third-order valence-electron chi connectivity index (χ3n) is 13.6. The van der Waals surface area contributed by atoms with Gasteiger partial charge in [-0.3, -0.25) is 18.6 Å². The SMILES string of the molecule is CC/C=C/C=C/C=C/CCCCCCCCCC(=O)NC(COP(=O)(O)OCC[N+](C)(C)C)C(/C=C/CCCCCCCCCCCC)OC(=O)CCCCCCCCCCCCCCCCCCCCC. The van der Waals surface area contributed by atoms with E-state index in [1.807, 2.05) is 33.3 Å². The van der Waals surface area contributed by atoms with Gasteiger partial charge >= 0.3 is 13.8 Å². The number of nitrogens with zero attached hydrogens (tertiary/aromatic N) is 1. The summed E-state index contributed by atoms with van der Waals surface area (Å²) in [5, 5.41) is 3.05. The first-order valence-corrected chi connectivity index (χ1v) is 32.0. The topological polar surface area (TPSA) is 111 Å². The number of phosphoric ester groups is 1. The van der Waals surface area contributed by atoms with Gasteiger partial charge in [0.25, 0.3) is 0 Å². The standard InChI is InChI=1S/C62H117N2O7P/c1-7-10-13-16-19-22-25-28-30-31-32-33-35-37-40-43-46-49-52-55-62(66)71-60(53-50-47-44-41-38-27-24-21-18-15-12-9-3)59(58-70-72(67,68)69-57-56-64(4,5)6)63-61(65)54-51-48-45-42-39-36-34-29-26-23-20-17-14-11-8-2/h11,14,17,20,23,26,50,53,59-60H,7-10,12-13,15-16,18-19,21-22,24-25,27-49,51-52,54-58H2,1-6H3,(H-,63,65,67,68)/p+1/b14-11+,20-17+,26-23+,53-50+. The Morgan fingerprint density at radius 3 is 1.32 bits per heavy atom. The van der Waals surface area contributed by atoms with Crippen LogP contribution in [0.15, 0.2) is 48.6 Å². The van der Waals surface area contributed by atoms with Crippen LogP contribution in [0.25, 0.3) is 0 Å². The van der Waals surface area contributed by atoms with E-state index in [1.54, 1.807) is 0 Å². The molecule has 72 heavy (non-hydrogen) atoms. The molecule has 0 aliphatic heterocycles. The van der Waals surface area contributed by atoms with Gasteiger partial charge in [-0.25, -0.2) is 4.57 Å². The van der Waals surface area contributed by atoms with E-state index in [0.717, 1.165) is 77.0 Å². The molecule has 9 nitrogen and oxygen atoms in total. The summed E-state index contributed by atoms with van der Waals surface area (Å²) in [5.74, 6) is -0.509. The fourth-order valence-corrected chi connectivity index (χ4v) is 9.62. The number of likely N-dealkylation sites (N-methyl/N-ethyl adjacent to an activating group) is 1. The number of phosphoric acid groups is 1. The van der Waals surface area contributed by atoms with Crippen molar-refractivity contribution in [2.75, 3.05) is 40.9 Å². The largest absolute Gasteiger partial charge is 0.472 e. The monoisotopic (exact) mass is 1030 g/mol. The van der Waals surface area contributed by atoms with Crippen molar-refractivity contribution >= 4 is 19.7 Å². The Hall–Kier alpha value is -2.03. The van der Waals surface area contributed by atoms with Gasteiger partial charge in [0, 0.05) is 12.8 Å². The number of quaternary nitrogens is 1. The summed E-state index contributed by atoms with van der Waals surface area (Å²) in [6, 6.07) is -0.852. The lowest BCUT2D eigenvalue weighted by molar-refractivity contribution is -0.870. The normalized spacial score (nSPS) is 14.0. The lowest BCUT2D eigenvalue weighted by Crippen LogP contribution is -2.47. The van der Waals surface area contributed by atoms with Gasteiger partial charge in [0.05, 0.1) is 33.8 Å². The van der Waals surface area contributed by atoms with Crippen LogP contribution >= 0.6 is 7.82 Å². The van der Waals surface area contributed by atoms with E-state index in [4.69, 9.17) is 13.8 Å². The fourth-order valence-electron chi connectivity index (χ4n) is 8.88. The van der Waals surface area contributed by atoms with Crippen molar-refractivity contribution in [3.05, 3.63) is 48.6 Å². The smallest absolute Gasteiger partial charge is 0.456 e. The van der Waals surface area contributed by atoms with Crippen LogP contribution in [0.4, 0.5) is 0 Å². The van der Waals surface area contributed by atoms with Gasteiger partial charge in [-0.15, -0.1) is 0 Å². The van der Waals surface area contributed by atoms with E-state index in [1.165, 1.54) is 173 Å². The number of carbonyl (C=O) groups excluding carboxylic acids is 2. The quantitative estimate of drug-likeness (QED) is 0.0156. The summed E-state index contributed by atoms with van der Waals surface area (Å²) in [7, 11) is 1.49. The Morgan fingerprint density at radius 2 is 0.889 bits per heavy atom. The molecule has 1 amide bonds. The first-order chi connectivity index (χ1) is 34.9. The minimum absolute atomic E-state index is 0.0385. The van der Waals surface area contributed by atoms with E-state index in [-0.39, 0.29) is 25.1 Å². The highest BCUT2D eigenvalue weighted by Gasteiger charge is 2.30. The number of esters is 1. The van der Waals surface area contributed by atoms with E-state index in [0.29, 0.717) is 23.9 Å². The van der Waals surface area contributed by atoms with Crippen molar-refractivity contribution < 1.29 is 37.3 Å². The van der Waals surface area contributed by atoms with E-state index in [9.17, 15) is 19.0 Å². The molecule has 422 valence electrons. The molecule has 0 saturated heterocycles. The average molecular weight is 1030 g/mol. The Kier molecular flexibility index (Phi) is 50.9. The maximum absolute atomic E-state index is 13.5. The summed E-state index contributed by atoms with van der Waals surface area (Å²) in [5.41, 5.74) is 0. The van der Waals surface area contributed by atoms with Crippen LogP contribution in [0.2, 0.25) is 0 Å². The minimum atomic E-state index is -4.45. The predicted octanol–water partition coefficient (Wildman–Crippen LogP) is 18.5. The molecule has 0 spiro atoms. The molecule has 3 atom stereocenters. The Bertz CT molecular complexity index is 1380. The van der Waals surface area contributed by atoms with E-state index < -0.39 is 20.0 Å². The molecular formula is C62H118N2O7P+. The number of unbranched alkanes of at least 4 members (excludes halogenated alkanes) is 35. The third kappa shape index (κ3) is 52.8. The lowest BCUT2D eigenvalue weighted by Gasteiger charge is -2.27. The minimum Gasteiger partial charge on any atom is -0.456 e. The molecule has 0 rings (SSSR count). The second kappa shape index (κ2) is 52.4. The van der Waals surface area contributed by atoms with Gasteiger partial charge in [-0.1, -0.05) is 269 Å². The van der Waals surface area contributed by atoms with Gasteiger partial charge in [0.1, 0.15) is 19.3 Å². The number of amides is 1. The van der Waals surface area contributed by atoms with Crippen LogP contribution in [0, 0.1) is 0 Å². The van der Waals surface area contributed by atoms with Gasteiger partial charge in [-0.05, 0) is 51.0 Å². The van der Waals surface area contributed by atoms with Gasteiger partial charge in [0.15, 0.2) is 0 Å². The molecule has 0 heterocycles. The molecule has 0 aliphatic rings. The summed E-state index contributed by atoms with van der Waals surface area (Å²) >= 11 is 0. The summed E-state index contributed by atoms with van der Waals surface area (Å²) < 4.78 is 30.7. The van der Waals surface area contributed by atoms with Crippen LogP contribution in [0.1, 0.15) is 284 Å². The van der Waals surface area contributed by atoms with Crippen LogP contribution in [-0.2, 0) is 27.9 Å². The molecule has 0 radical (unpaired) electrons. The van der Waals surface area contributed by atoms with Crippen molar-refractivity contribution in [2.45, 2.75) is 296 Å². The molecule has 0 aromatic rings. The molecular weight excluding hydrogens is 916 g/mol. The Morgan fingerprint density at radius 1 is 0.500 bits per heavy atom. The summed E-state index contributed by atoms with van der Waals surface area (Å²) in [6.07, 6.45) is 63.9. The zero-order chi connectivity index (χ0) is 52.9. The number of hydrogen-bond donors (Lipinski definition) is 2. The highest BCUT2D eigenvalue weighted by Crippen LogP contribution is 2.43. The van der Waals surface area contributed by atoms with Crippen molar-refractivity contribution in [3.63, 3.8) is 0 Å². The van der Waals surface area contributed by atoms with Gasteiger partial charge in [-0.2, -0.15) is 0 Å². The van der Waals surface area contributed by atoms with Gasteiger partial charge in [0.2, 0.25) is 5.91 Å². The van der Waals surface area contributed by atoms with Crippen molar-refractivity contribution in [2.24, 2.45) is 0 Å². The molecule has 0 bridgehead atoms. The van der Waals surface area contributed by atoms with E-state index in [2.05, 4.69) is 62.5 Å². The zero-order valence-corrected chi connectivity index (χ0v) is 49.1. The fraction of sp³-hybridized carbons (Fsp3) is 0.839. The van der Waals surface area contributed by atoms with Crippen molar-refractivity contribution in [1.29, 1.82) is 0 Å². The highest BCUT2D eigenvalue weighted by molar-refractivity contribution is 7.47.